The molecule has 28 heavy (non-hydrogen) atoms. The van der Waals surface area contributed by atoms with Crippen molar-refractivity contribution in [3.05, 3.63) is 57.8 Å². The molecule has 0 aliphatic carbocycles. The molecule has 0 fully saturated rings. The van der Waals surface area contributed by atoms with Gasteiger partial charge in [-0.05, 0) is 37.6 Å². The number of rotatable bonds is 6. The number of nitrogens with zero attached hydrogens (tertiary/aromatic N) is 3. The van der Waals surface area contributed by atoms with E-state index in [1.165, 1.54) is 18.6 Å². The maximum atomic E-state index is 12.8. The van der Waals surface area contributed by atoms with E-state index in [0.717, 1.165) is 21.9 Å². The van der Waals surface area contributed by atoms with Crippen LogP contribution >= 0.6 is 22.9 Å². The van der Waals surface area contributed by atoms with Crippen molar-refractivity contribution in [2.24, 2.45) is 0 Å². The van der Waals surface area contributed by atoms with Gasteiger partial charge in [0, 0.05) is 11.2 Å². The number of thiazole rings is 1. The Morgan fingerprint density at radius 3 is 2.61 bits per heavy atom. The molecular formula is C18H20ClN4O3S2+. The predicted octanol–water partition coefficient (Wildman–Crippen LogP) is 4.13. The van der Waals surface area contributed by atoms with E-state index in [9.17, 15) is 13.6 Å². The fourth-order valence-corrected chi connectivity index (χ4v) is 4.75. The zero-order valence-electron chi connectivity index (χ0n) is 15.5. The van der Waals surface area contributed by atoms with E-state index in [1.807, 2.05) is 26.0 Å². The van der Waals surface area contributed by atoms with Crippen LogP contribution in [0.5, 0.6) is 0 Å². The molecule has 7 nitrogen and oxygen atoms in total. The summed E-state index contributed by atoms with van der Waals surface area (Å²) in [7, 11) is -3.12. The molecule has 10 heteroatoms. The summed E-state index contributed by atoms with van der Waals surface area (Å²) in [5.74, 6) is -0.263. The first kappa shape index (κ1) is 20.7. The molecule has 2 heterocycles. The highest BCUT2D eigenvalue weighted by molar-refractivity contribution is 7.98. The van der Waals surface area contributed by atoms with Crippen LogP contribution in [0.3, 0.4) is 0 Å². The number of amides is 1. The number of nitrogens with one attached hydrogen (secondary N) is 1. The number of halogens is 1. The zero-order chi connectivity index (χ0) is 20.5. The second-order valence-electron chi connectivity index (χ2n) is 6.30. The summed E-state index contributed by atoms with van der Waals surface area (Å²) in [5.41, 5.74) is 1.96. The Morgan fingerprint density at radius 2 is 2.04 bits per heavy atom. The van der Waals surface area contributed by atoms with Gasteiger partial charge in [-0.15, -0.1) is 0 Å². The van der Waals surface area contributed by atoms with Crippen molar-refractivity contribution in [3.63, 3.8) is 0 Å². The first-order chi connectivity index (χ1) is 13.2. The van der Waals surface area contributed by atoms with E-state index in [-0.39, 0.29) is 16.3 Å². The van der Waals surface area contributed by atoms with E-state index in [4.69, 9.17) is 11.6 Å². The second kappa shape index (κ2) is 8.12. The monoisotopic (exact) mass is 439 g/mol. The third kappa shape index (κ3) is 4.33. The Labute approximate surface area is 173 Å². The van der Waals surface area contributed by atoms with Crippen LogP contribution < -0.4 is 5.32 Å². The normalized spacial score (nSPS) is 14.5. The minimum absolute atomic E-state index is 0.155. The Balaban J connectivity index is 1.81. The molecular weight excluding hydrogens is 420 g/mol. The van der Waals surface area contributed by atoms with Crippen LogP contribution in [0.4, 0.5) is 0 Å². The van der Waals surface area contributed by atoms with Gasteiger partial charge < -0.3 is 5.32 Å². The standard InChI is InChI=1S/C18H19ClN4O3S2/c1-4-15(16-10-20-18(27-16)28(3,25)26)22-17(24)14-9-21-23(11(14)2)13-7-5-12(19)6-8-13/h5-10,15H,4H2,1-3H3,(H-,22,24,25,26)/p+1/t15-/m0/s1. The van der Waals surface area contributed by atoms with Crippen molar-refractivity contribution >= 4 is 39.1 Å². The van der Waals surface area contributed by atoms with E-state index >= 15 is 0 Å². The van der Waals surface area contributed by atoms with Gasteiger partial charge in [0.1, 0.15) is 6.26 Å². The molecule has 0 aliphatic rings. The molecule has 1 aromatic carbocycles. The Bertz CT molecular complexity index is 1040. The number of aromatic nitrogens is 3. The maximum absolute atomic E-state index is 12.8. The summed E-state index contributed by atoms with van der Waals surface area (Å²) in [6.45, 7) is 3.75. The van der Waals surface area contributed by atoms with E-state index < -0.39 is 10.2 Å². The van der Waals surface area contributed by atoms with E-state index in [2.05, 4.69) is 15.4 Å². The fourth-order valence-electron chi connectivity index (χ4n) is 2.69. The topological polar surface area (TPSA) is 97.1 Å². The van der Waals surface area contributed by atoms with Crippen molar-refractivity contribution < 1.29 is 13.6 Å². The highest BCUT2D eigenvalue weighted by Crippen LogP contribution is 2.28. The van der Waals surface area contributed by atoms with Gasteiger partial charge in [-0.2, -0.15) is 14.6 Å². The molecule has 0 saturated heterocycles. The van der Waals surface area contributed by atoms with Gasteiger partial charge in [-0.3, -0.25) is 4.79 Å². The molecule has 1 unspecified atom stereocenters. The summed E-state index contributed by atoms with van der Waals surface area (Å²) in [6, 6.07) is 6.88. The molecule has 2 atom stereocenters. The van der Waals surface area contributed by atoms with Crippen LogP contribution in [-0.4, -0.2) is 31.5 Å². The minimum atomic E-state index is -3.12. The van der Waals surface area contributed by atoms with Gasteiger partial charge in [-0.25, -0.2) is 4.68 Å². The Morgan fingerprint density at radius 1 is 1.36 bits per heavy atom. The summed E-state index contributed by atoms with van der Waals surface area (Å²) in [4.78, 5) is 17.6. The number of hydrogen-bond donors (Lipinski definition) is 2. The number of carbonyl (C=O) groups is 1. The summed E-state index contributed by atoms with van der Waals surface area (Å²) < 4.78 is 23.2. The predicted molar refractivity (Wildman–Crippen MR) is 111 cm³/mol. The quantitative estimate of drug-likeness (QED) is 0.563. The summed E-state index contributed by atoms with van der Waals surface area (Å²) in [6.07, 6.45) is 4.91. The summed E-state index contributed by atoms with van der Waals surface area (Å²) >= 11 is 7.06. The van der Waals surface area contributed by atoms with Crippen molar-refractivity contribution in [3.8, 4) is 5.69 Å². The third-order valence-electron chi connectivity index (χ3n) is 4.21. The van der Waals surface area contributed by atoms with Crippen LogP contribution in [0.2, 0.25) is 5.02 Å². The van der Waals surface area contributed by atoms with Crippen LogP contribution in [-0.2, 0) is 14.4 Å². The van der Waals surface area contributed by atoms with Gasteiger partial charge in [0.25, 0.3) is 16.1 Å². The second-order valence-corrected chi connectivity index (χ2v) is 10.0. The van der Waals surface area contributed by atoms with Crippen LogP contribution in [0.1, 0.15) is 40.3 Å². The molecule has 0 bridgehead atoms. The lowest BCUT2D eigenvalue weighted by Gasteiger charge is -2.14. The lowest BCUT2D eigenvalue weighted by atomic mass is 10.1. The highest BCUT2D eigenvalue weighted by Gasteiger charge is 2.28. The van der Waals surface area contributed by atoms with Gasteiger partial charge in [0.15, 0.2) is 0 Å². The van der Waals surface area contributed by atoms with Gasteiger partial charge in [-0.1, -0.05) is 34.1 Å². The molecule has 0 aliphatic heterocycles. The van der Waals surface area contributed by atoms with Crippen LogP contribution in [0.15, 0.2) is 41.0 Å². The first-order valence-corrected chi connectivity index (χ1v) is 11.6. The zero-order valence-corrected chi connectivity index (χ0v) is 17.9. The van der Waals surface area contributed by atoms with Crippen molar-refractivity contribution in [2.75, 3.05) is 6.26 Å². The van der Waals surface area contributed by atoms with E-state index in [0.29, 0.717) is 22.7 Å². The maximum Gasteiger partial charge on any atom is 0.338 e. The van der Waals surface area contributed by atoms with Crippen molar-refractivity contribution in [1.29, 1.82) is 0 Å². The molecule has 0 saturated carbocycles. The Kier molecular flexibility index (Phi) is 5.99. The number of carbonyl (C=O) groups excluding carboxylic acids is 1. The third-order valence-corrected chi connectivity index (χ3v) is 7.30. The average Bonchev–Trinajstić information content (AvgIpc) is 3.27. The molecule has 0 spiro atoms. The lowest BCUT2D eigenvalue weighted by Crippen LogP contribution is -2.28. The molecule has 2 aromatic heterocycles. The van der Waals surface area contributed by atoms with Gasteiger partial charge in [0.2, 0.25) is 0 Å². The Hall–Kier alpha value is -2.07. The molecule has 1 amide bonds. The fraction of sp³-hybridized carbons (Fsp3) is 0.278. The summed E-state index contributed by atoms with van der Waals surface area (Å²) in [5, 5.41) is 7.90. The molecule has 3 aromatic rings. The van der Waals surface area contributed by atoms with Gasteiger partial charge in [0.05, 0.1) is 34.1 Å². The average molecular weight is 440 g/mol. The largest absolute Gasteiger partial charge is 0.344 e. The highest BCUT2D eigenvalue weighted by atomic mass is 35.5. The molecule has 148 valence electrons. The smallest absolute Gasteiger partial charge is 0.338 e. The molecule has 0 radical (unpaired) electrons. The number of hydrogen-bond acceptors (Lipinski definition) is 5. The minimum Gasteiger partial charge on any atom is -0.344 e. The van der Waals surface area contributed by atoms with E-state index in [1.54, 1.807) is 16.8 Å². The molecule has 2 N–H and O–H groups in total. The SMILES string of the molecule is CC[C@H](NC(=O)c1cnn(-c2ccc(Cl)cc2)c1C)c1cnc([S+](C)(=O)O)s1. The van der Waals surface area contributed by atoms with Crippen LogP contribution in [0, 0.1) is 6.92 Å². The number of benzene rings is 1. The first-order valence-electron chi connectivity index (χ1n) is 8.49. The molecule has 3 rings (SSSR count). The van der Waals surface area contributed by atoms with Crippen molar-refractivity contribution in [2.45, 2.75) is 30.6 Å². The van der Waals surface area contributed by atoms with Crippen LogP contribution in [0.25, 0.3) is 5.69 Å². The lowest BCUT2D eigenvalue weighted by molar-refractivity contribution is 0.0935. The van der Waals surface area contributed by atoms with Gasteiger partial charge >= 0.3 is 4.34 Å². The van der Waals surface area contributed by atoms with Crippen molar-refractivity contribution in [1.82, 2.24) is 20.1 Å².